The average molecular weight is 385 g/mol. The van der Waals surface area contributed by atoms with Crippen LogP contribution in [0.2, 0.25) is 0 Å². The number of methoxy groups -OCH3 is 3. The Balaban J connectivity index is 1.88. The van der Waals surface area contributed by atoms with Gasteiger partial charge in [-0.1, -0.05) is 0 Å². The van der Waals surface area contributed by atoms with Gasteiger partial charge in [-0.05, 0) is 23.3 Å². The van der Waals surface area contributed by atoms with E-state index >= 15 is 0 Å². The van der Waals surface area contributed by atoms with Gasteiger partial charge in [0.15, 0.2) is 23.0 Å². The Hall–Kier alpha value is -2.64. The zero-order valence-electron chi connectivity index (χ0n) is 16.5. The largest absolute Gasteiger partial charge is 0.633 e. The molecule has 0 spiro atoms. The summed E-state index contributed by atoms with van der Waals surface area (Å²) in [5, 5.41) is 13.4. The first-order valence-corrected chi connectivity index (χ1v) is 9.34. The molecule has 2 aromatic rings. The molecule has 0 amide bonds. The molecule has 148 valence electrons. The SMILES string of the molecule is COc1cc2c(cc1OC)-c1c3c(c(OC)c4c1[C@H](C2)[N@@+](C)([O-])CC4)OCO3. The molecule has 0 bridgehead atoms. The van der Waals surface area contributed by atoms with Crippen LogP contribution in [0.15, 0.2) is 12.1 Å². The highest BCUT2D eigenvalue weighted by Gasteiger charge is 2.45. The zero-order valence-corrected chi connectivity index (χ0v) is 16.5. The first-order valence-electron chi connectivity index (χ1n) is 9.34. The van der Waals surface area contributed by atoms with E-state index in [4.69, 9.17) is 23.7 Å². The molecule has 2 atom stereocenters. The molecule has 0 saturated carbocycles. The van der Waals surface area contributed by atoms with Crippen molar-refractivity contribution in [2.75, 3.05) is 41.7 Å². The van der Waals surface area contributed by atoms with Crippen LogP contribution in [0.4, 0.5) is 0 Å². The Labute approximate surface area is 163 Å². The number of hydrogen-bond donors (Lipinski definition) is 0. The van der Waals surface area contributed by atoms with E-state index in [1.807, 2.05) is 12.1 Å². The van der Waals surface area contributed by atoms with Gasteiger partial charge in [0.2, 0.25) is 12.5 Å². The van der Waals surface area contributed by atoms with Gasteiger partial charge in [0.25, 0.3) is 0 Å². The van der Waals surface area contributed by atoms with Gasteiger partial charge >= 0.3 is 0 Å². The van der Waals surface area contributed by atoms with Crippen molar-refractivity contribution < 1.29 is 28.3 Å². The lowest BCUT2D eigenvalue weighted by Crippen LogP contribution is -2.48. The molecule has 0 saturated heterocycles. The van der Waals surface area contributed by atoms with Gasteiger partial charge in [0.1, 0.15) is 6.04 Å². The lowest BCUT2D eigenvalue weighted by Gasteiger charge is -2.51. The molecule has 0 radical (unpaired) electrons. The lowest BCUT2D eigenvalue weighted by atomic mass is 9.75. The van der Waals surface area contributed by atoms with Gasteiger partial charge in [0, 0.05) is 29.5 Å². The van der Waals surface area contributed by atoms with E-state index in [1.165, 1.54) is 0 Å². The van der Waals surface area contributed by atoms with Crippen LogP contribution in [0, 0.1) is 5.21 Å². The molecule has 5 rings (SSSR count). The number of benzene rings is 2. The van der Waals surface area contributed by atoms with Gasteiger partial charge in [-0.2, -0.15) is 0 Å². The Morgan fingerprint density at radius 3 is 2.46 bits per heavy atom. The molecule has 7 nitrogen and oxygen atoms in total. The van der Waals surface area contributed by atoms with Crippen LogP contribution < -0.4 is 23.7 Å². The summed E-state index contributed by atoms with van der Waals surface area (Å²) in [7, 11) is 6.63. The fourth-order valence-corrected chi connectivity index (χ4v) is 4.85. The van der Waals surface area contributed by atoms with Crippen LogP contribution in [-0.2, 0) is 12.8 Å². The molecular formula is C21H23NO6. The smallest absolute Gasteiger partial charge is 0.231 e. The summed E-state index contributed by atoms with van der Waals surface area (Å²) in [4.78, 5) is 0. The van der Waals surface area contributed by atoms with E-state index in [9.17, 15) is 5.21 Å². The summed E-state index contributed by atoms with van der Waals surface area (Å²) in [5.41, 5.74) is 5.04. The summed E-state index contributed by atoms with van der Waals surface area (Å²) in [6.45, 7) is 0.633. The van der Waals surface area contributed by atoms with Crippen molar-refractivity contribution in [3.05, 3.63) is 34.0 Å². The van der Waals surface area contributed by atoms with E-state index in [0.717, 1.165) is 27.8 Å². The quantitative estimate of drug-likeness (QED) is 0.597. The van der Waals surface area contributed by atoms with Crippen LogP contribution in [0.25, 0.3) is 11.1 Å². The van der Waals surface area contributed by atoms with Crippen molar-refractivity contribution in [2.24, 2.45) is 0 Å². The number of rotatable bonds is 3. The second-order valence-corrected chi connectivity index (χ2v) is 7.60. The van der Waals surface area contributed by atoms with Crippen molar-refractivity contribution in [1.82, 2.24) is 0 Å². The highest BCUT2D eigenvalue weighted by atomic mass is 16.7. The maximum absolute atomic E-state index is 13.4. The summed E-state index contributed by atoms with van der Waals surface area (Å²) in [6.07, 6.45) is 1.26. The molecule has 0 aromatic heterocycles. The minimum atomic E-state index is -0.323. The zero-order chi connectivity index (χ0) is 19.6. The van der Waals surface area contributed by atoms with Gasteiger partial charge in [-0.25, -0.2) is 0 Å². The summed E-state index contributed by atoms with van der Waals surface area (Å²) in [6, 6.07) is 3.71. The lowest BCUT2D eigenvalue weighted by molar-refractivity contribution is -0.894. The van der Waals surface area contributed by atoms with E-state index < -0.39 is 0 Å². The third-order valence-corrected chi connectivity index (χ3v) is 6.21. The Morgan fingerprint density at radius 2 is 1.75 bits per heavy atom. The third kappa shape index (κ3) is 2.17. The Kier molecular flexibility index (Phi) is 3.70. The number of hydrogen-bond acceptors (Lipinski definition) is 6. The fourth-order valence-electron chi connectivity index (χ4n) is 4.85. The topological polar surface area (TPSA) is 69.2 Å². The van der Waals surface area contributed by atoms with E-state index in [1.54, 1.807) is 28.4 Å². The standard InChI is InChI=1S/C21H23NO6/c1-22(23)6-5-12-17-14(22)7-11-8-15(24-2)16(25-3)9-13(11)18(17)20-21(19(12)26-4)28-10-27-20/h8-9,14H,5-7,10H2,1-4H3/t14-,22-/m0/s1. The molecule has 2 aliphatic heterocycles. The van der Waals surface area contributed by atoms with Crippen molar-refractivity contribution in [2.45, 2.75) is 18.9 Å². The average Bonchev–Trinajstić information content (AvgIpc) is 3.18. The Morgan fingerprint density at radius 1 is 1.04 bits per heavy atom. The van der Waals surface area contributed by atoms with E-state index in [0.29, 0.717) is 48.1 Å². The summed E-state index contributed by atoms with van der Waals surface area (Å²) < 4.78 is 28.1. The van der Waals surface area contributed by atoms with Crippen molar-refractivity contribution in [3.8, 4) is 39.9 Å². The number of hydroxylamine groups is 3. The minimum absolute atomic E-state index is 0.137. The molecule has 0 fully saturated rings. The molecule has 28 heavy (non-hydrogen) atoms. The van der Waals surface area contributed by atoms with Crippen LogP contribution in [0.5, 0.6) is 28.7 Å². The van der Waals surface area contributed by atoms with Crippen LogP contribution in [-0.4, -0.2) is 46.4 Å². The second kappa shape index (κ2) is 5.93. The maximum atomic E-state index is 13.4. The third-order valence-electron chi connectivity index (χ3n) is 6.21. The molecule has 2 heterocycles. The number of quaternary nitrogens is 1. The number of likely N-dealkylation sites (N-methyl/N-ethyl adjacent to an activating group) is 1. The van der Waals surface area contributed by atoms with Gasteiger partial charge in [0.05, 0.1) is 34.9 Å². The van der Waals surface area contributed by atoms with Crippen molar-refractivity contribution in [3.63, 3.8) is 0 Å². The van der Waals surface area contributed by atoms with Gasteiger partial charge in [-0.3, -0.25) is 0 Å². The highest BCUT2D eigenvalue weighted by Crippen LogP contribution is 2.60. The molecule has 1 aliphatic carbocycles. The van der Waals surface area contributed by atoms with Crippen LogP contribution in [0.1, 0.15) is 22.7 Å². The van der Waals surface area contributed by atoms with Gasteiger partial charge in [-0.15, -0.1) is 0 Å². The molecule has 2 aromatic carbocycles. The van der Waals surface area contributed by atoms with Crippen LogP contribution in [0.3, 0.4) is 0 Å². The monoisotopic (exact) mass is 385 g/mol. The first-order chi connectivity index (χ1) is 13.5. The Bertz CT molecular complexity index is 984. The highest BCUT2D eigenvalue weighted by molar-refractivity contribution is 5.87. The number of ether oxygens (including phenoxy) is 5. The predicted molar refractivity (Wildman–Crippen MR) is 102 cm³/mol. The van der Waals surface area contributed by atoms with Crippen molar-refractivity contribution >= 4 is 0 Å². The maximum Gasteiger partial charge on any atom is 0.231 e. The molecule has 0 N–H and O–H groups in total. The first kappa shape index (κ1) is 17.5. The van der Waals surface area contributed by atoms with E-state index in [2.05, 4.69) is 0 Å². The molecule has 0 unspecified atom stereocenters. The number of fused-ring (bicyclic) bond motifs is 4. The number of nitrogens with zero attached hydrogens (tertiary/aromatic N) is 1. The predicted octanol–water partition coefficient (Wildman–Crippen LogP) is 3.21. The minimum Gasteiger partial charge on any atom is -0.633 e. The summed E-state index contributed by atoms with van der Waals surface area (Å²) >= 11 is 0. The summed E-state index contributed by atoms with van der Waals surface area (Å²) in [5.74, 6) is 3.27. The van der Waals surface area contributed by atoms with E-state index in [-0.39, 0.29) is 17.5 Å². The second-order valence-electron chi connectivity index (χ2n) is 7.60. The molecule has 3 aliphatic rings. The van der Waals surface area contributed by atoms with Gasteiger partial charge < -0.3 is 33.5 Å². The van der Waals surface area contributed by atoms with Crippen molar-refractivity contribution in [1.29, 1.82) is 0 Å². The normalized spacial score (nSPS) is 23.7. The molecule has 7 heteroatoms. The fraction of sp³-hybridized carbons (Fsp3) is 0.429. The molecular weight excluding hydrogens is 362 g/mol. The van der Waals surface area contributed by atoms with Crippen LogP contribution >= 0.6 is 0 Å².